The number of nitrogens with zero attached hydrogens (tertiary/aromatic N) is 2. The van der Waals surface area contributed by atoms with Crippen molar-refractivity contribution in [1.82, 2.24) is 5.43 Å². The fourth-order valence-electron chi connectivity index (χ4n) is 2.82. The molecule has 3 rings (SSSR count). The summed E-state index contributed by atoms with van der Waals surface area (Å²) in [6, 6.07) is 18.6. The number of likely N-dealkylation sites (N-methyl/N-ethyl adjacent to an activating group) is 1. The molecule has 122 valence electrons. The lowest BCUT2D eigenvalue weighted by Gasteiger charge is -2.22. The maximum absolute atomic E-state index is 11.9. The van der Waals surface area contributed by atoms with Crippen LogP contribution in [0.3, 0.4) is 0 Å². The average Bonchev–Trinajstić information content (AvgIpc) is 2.52. The molecule has 1 amide bonds. The molecule has 4 nitrogen and oxygen atoms in total. The van der Waals surface area contributed by atoms with Crippen LogP contribution < -0.4 is 5.43 Å². The van der Waals surface area contributed by atoms with Gasteiger partial charge in [0.15, 0.2) is 6.54 Å². The van der Waals surface area contributed by atoms with E-state index >= 15 is 0 Å². The average molecular weight is 320 g/mol. The van der Waals surface area contributed by atoms with Gasteiger partial charge in [-0.05, 0) is 27.6 Å². The molecule has 0 aromatic heterocycles. The van der Waals surface area contributed by atoms with Crippen molar-refractivity contribution < 1.29 is 9.28 Å². The molecule has 0 bridgehead atoms. The summed E-state index contributed by atoms with van der Waals surface area (Å²) in [7, 11) is 5.92. The SMILES string of the molecule is C[N+](C)(C)CC(=O)NN=Cc1c2ccccc2cc2ccccc12. The van der Waals surface area contributed by atoms with Crippen molar-refractivity contribution >= 4 is 33.7 Å². The number of hydrogen-bond donors (Lipinski definition) is 1. The number of amides is 1. The van der Waals surface area contributed by atoms with E-state index in [4.69, 9.17) is 0 Å². The Bertz CT molecular complexity index is 869. The smallest absolute Gasteiger partial charge is 0.295 e. The number of hydrogen-bond acceptors (Lipinski definition) is 2. The number of nitrogens with one attached hydrogen (secondary N) is 1. The zero-order valence-corrected chi connectivity index (χ0v) is 14.3. The predicted molar refractivity (Wildman–Crippen MR) is 100 cm³/mol. The van der Waals surface area contributed by atoms with Crippen molar-refractivity contribution in [2.75, 3.05) is 27.7 Å². The Labute approximate surface area is 142 Å². The molecular formula is C20H22N3O+. The van der Waals surface area contributed by atoms with E-state index < -0.39 is 0 Å². The van der Waals surface area contributed by atoms with E-state index in [2.05, 4.69) is 40.9 Å². The Morgan fingerprint density at radius 1 is 1.00 bits per heavy atom. The van der Waals surface area contributed by atoms with Crippen molar-refractivity contribution in [2.24, 2.45) is 5.10 Å². The third kappa shape index (κ3) is 3.60. The number of benzene rings is 3. The van der Waals surface area contributed by atoms with E-state index in [0.717, 1.165) is 27.1 Å². The molecule has 0 unspecified atom stereocenters. The van der Waals surface area contributed by atoms with E-state index in [1.807, 2.05) is 45.4 Å². The number of quaternary nitrogens is 1. The normalized spacial score (nSPS) is 12.1. The standard InChI is InChI=1S/C20H21N3O/c1-23(2,3)14-20(24)22-21-13-19-17-10-6-4-8-15(17)12-16-9-5-7-11-18(16)19/h4-13H,14H2,1-3H3/p+1. The van der Waals surface area contributed by atoms with Gasteiger partial charge >= 0.3 is 0 Å². The first-order valence-corrected chi connectivity index (χ1v) is 7.97. The van der Waals surface area contributed by atoms with Crippen LogP contribution in [0.2, 0.25) is 0 Å². The van der Waals surface area contributed by atoms with Crippen LogP contribution in [-0.2, 0) is 4.79 Å². The minimum Gasteiger partial charge on any atom is -0.323 e. The second kappa shape index (κ2) is 6.42. The molecule has 0 spiro atoms. The van der Waals surface area contributed by atoms with Gasteiger partial charge in [0, 0.05) is 5.56 Å². The van der Waals surface area contributed by atoms with Gasteiger partial charge < -0.3 is 4.48 Å². The molecular weight excluding hydrogens is 298 g/mol. The Kier molecular flexibility index (Phi) is 4.32. The van der Waals surface area contributed by atoms with E-state index in [-0.39, 0.29) is 5.91 Å². The van der Waals surface area contributed by atoms with Crippen LogP contribution in [-0.4, -0.2) is 44.3 Å². The third-order valence-electron chi connectivity index (χ3n) is 3.81. The third-order valence-corrected chi connectivity index (χ3v) is 3.81. The summed E-state index contributed by atoms with van der Waals surface area (Å²) >= 11 is 0. The minimum absolute atomic E-state index is 0.0942. The van der Waals surface area contributed by atoms with Gasteiger partial charge in [-0.3, -0.25) is 4.79 Å². The zero-order chi connectivity index (χ0) is 17.2. The first-order valence-electron chi connectivity index (χ1n) is 7.97. The van der Waals surface area contributed by atoms with Gasteiger partial charge in [0.25, 0.3) is 5.91 Å². The second-order valence-corrected chi connectivity index (χ2v) is 6.97. The van der Waals surface area contributed by atoms with Gasteiger partial charge in [0.05, 0.1) is 27.4 Å². The van der Waals surface area contributed by atoms with E-state index in [9.17, 15) is 4.79 Å². The van der Waals surface area contributed by atoms with Gasteiger partial charge in [-0.25, -0.2) is 5.43 Å². The van der Waals surface area contributed by atoms with E-state index in [1.54, 1.807) is 6.21 Å². The molecule has 0 fully saturated rings. The molecule has 3 aromatic carbocycles. The zero-order valence-electron chi connectivity index (χ0n) is 14.3. The largest absolute Gasteiger partial charge is 0.323 e. The van der Waals surface area contributed by atoms with Crippen molar-refractivity contribution in [3.63, 3.8) is 0 Å². The number of fused-ring (bicyclic) bond motifs is 2. The van der Waals surface area contributed by atoms with Gasteiger partial charge in [-0.15, -0.1) is 0 Å². The molecule has 24 heavy (non-hydrogen) atoms. The first-order chi connectivity index (χ1) is 11.4. The lowest BCUT2D eigenvalue weighted by Crippen LogP contribution is -2.43. The number of carbonyl (C=O) groups excluding carboxylic acids is 1. The lowest BCUT2D eigenvalue weighted by molar-refractivity contribution is -0.862. The van der Waals surface area contributed by atoms with Crippen molar-refractivity contribution in [3.05, 3.63) is 60.2 Å². The molecule has 0 heterocycles. The maximum Gasteiger partial charge on any atom is 0.295 e. The molecule has 0 aliphatic rings. The molecule has 0 radical (unpaired) electrons. The molecule has 3 aromatic rings. The topological polar surface area (TPSA) is 41.5 Å². The summed E-state index contributed by atoms with van der Waals surface area (Å²) in [6.07, 6.45) is 1.75. The summed E-state index contributed by atoms with van der Waals surface area (Å²) < 4.78 is 0.568. The quantitative estimate of drug-likeness (QED) is 0.341. The molecule has 0 atom stereocenters. The maximum atomic E-state index is 11.9. The van der Waals surface area contributed by atoms with Gasteiger partial charge in [0.2, 0.25) is 0 Å². The number of hydrazone groups is 1. The Hall–Kier alpha value is -2.72. The summed E-state index contributed by atoms with van der Waals surface area (Å²) in [6.45, 7) is 0.383. The first kappa shape index (κ1) is 16.1. The Balaban J connectivity index is 1.98. The van der Waals surface area contributed by atoms with Crippen molar-refractivity contribution in [1.29, 1.82) is 0 Å². The van der Waals surface area contributed by atoms with E-state index in [0.29, 0.717) is 11.0 Å². The molecule has 0 saturated carbocycles. The summed E-state index contributed by atoms with van der Waals surface area (Å²) in [4.78, 5) is 11.9. The van der Waals surface area contributed by atoms with Gasteiger partial charge in [-0.1, -0.05) is 48.5 Å². The van der Waals surface area contributed by atoms with Crippen molar-refractivity contribution in [2.45, 2.75) is 0 Å². The fourth-order valence-corrected chi connectivity index (χ4v) is 2.82. The highest BCUT2D eigenvalue weighted by Crippen LogP contribution is 2.27. The van der Waals surface area contributed by atoms with Crippen LogP contribution in [0.1, 0.15) is 5.56 Å². The highest BCUT2D eigenvalue weighted by atomic mass is 16.2. The predicted octanol–water partition coefficient (Wildman–Crippen LogP) is 3.15. The van der Waals surface area contributed by atoms with Crippen LogP contribution >= 0.6 is 0 Å². The number of rotatable bonds is 4. The Morgan fingerprint density at radius 3 is 2.08 bits per heavy atom. The summed E-state index contributed by atoms with van der Waals surface area (Å²) in [5.74, 6) is -0.0942. The van der Waals surface area contributed by atoms with E-state index in [1.165, 1.54) is 0 Å². The Morgan fingerprint density at radius 2 is 1.54 bits per heavy atom. The van der Waals surface area contributed by atoms with Gasteiger partial charge in [0.1, 0.15) is 0 Å². The number of carbonyl (C=O) groups is 1. The van der Waals surface area contributed by atoms with Crippen LogP contribution in [0.5, 0.6) is 0 Å². The minimum atomic E-state index is -0.0942. The van der Waals surface area contributed by atoms with Crippen LogP contribution in [0.15, 0.2) is 59.7 Å². The van der Waals surface area contributed by atoms with Crippen molar-refractivity contribution in [3.8, 4) is 0 Å². The monoisotopic (exact) mass is 320 g/mol. The molecule has 1 N–H and O–H groups in total. The fraction of sp³-hybridized carbons (Fsp3) is 0.200. The molecule has 4 heteroatoms. The molecule has 0 aliphatic heterocycles. The molecule has 0 saturated heterocycles. The van der Waals surface area contributed by atoms with Crippen LogP contribution in [0, 0.1) is 0 Å². The highest BCUT2D eigenvalue weighted by Gasteiger charge is 2.13. The highest BCUT2D eigenvalue weighted by molar-refractivity contribution is 6.13. The molecule has 0 aliphatic carbocycles. The second-order valence-electron chi connectivity index (χ2n) is 6.97. The lowest BCUT2D eigenvalue weighted by atomic mass is 9.97. The van der Waals surface area contributed by atoms with Crippen LogP contribution in [0.25, 0.3) is 21.5 Å². The summed E-state index contributed by atoms with van der Waals surface area (Å²) in [5, 5.41) is 8.77. The summed E-state index contributed by atoms with van der Waals surface area (Å²) in [5.41, 5.74) is 3.65. The van der Waals surface area contributed by atoms with Crippen LogP contribution in [0.4, 0.5) is 0 Å². The van der Waals surface area contributed by atoms with Gasteiger partial charge in [-0.2, -0.15) is 5.10 Å².